The van der Waals surface area contributed by atoms with Gasteiger partial charge >= 0.3 is 0 Å². The van der Waals surface area contributed by atoms with E-state index >= 15 is 0 Å². The van der Waals surface area contributed by atoms with Crippen LogP contribution in [-0.2, 0) is 12.8 Å². The van der Waals surface area contributed by atoms with E-state index in [0.29, 0.717) is 12.0 Å². The molecule has 2 nitrogen and oxygen atoms in total. The smallest absolute Gasteiger partial charge is 0.125 e. The Hall–Kier alpha value is -1.54. The Morgan fingerprint density at radius 3 is 2.42 bits per heavy atom. The summed E-state index contributed by atoms with van der Waals surface area (Å²) in [5.74, 6) is 0.279. The number of hydrogen-bond donors (Lipinski definition) is 2. The van der Waals surface area contributed by atoms with Gasteiger partial charge in [0, 0.05) is 11.1 Å². The fourth-order valence-electron chi connectivity index (χ4n) is 3.09. The molecule has 24 heavy (non-hydrogen) atoms. The Balaban J connectivity index is 3.03. The van der Waals surface area contributed by atoms with E-state index in [9.17, 15) is 10.2 Å². The van der Waals surface area contributed by atoms with Gasteiger partial charge in [-0.25, -0.2) is 0 Å². The van der Waals surface area contributed by atoms with Crippen molar-refractivity contribution in [2.45, 2.75) is 79.8 Å². The Kier molecular flexibility index (Phi) is 8.27. The maximum atomic E-state index is 10.7. The quantitative estimate of drug-likeness (QED) is 0.579. The number of benzene rings is 1. The van der Waals surface area contributed by atoms with Crippen molar-refractivity contribution in [1.29, 1.82) is 0 Å². The first kappa shape index (κ1) is 20.5. The fourth-order valence-corrected chi connectivity index (χ4v) is 3.09. The molecule has 1 aromatic carbocycles. The third kappa shape index (κ3) is 5.83. The van der Waals surface area contributed by atoms with Gasteiger partial charge in [-0.15, -0.1) is 0 Å². The molecule has 2 N–H and O–H groups in total. The van der Waals surface area contributed by atoms with Crippen molar-refractivity contribution in [3.8, 4) is 5.75 Å². The Bertz CT molecular complexity index is 603. The van der Waals surface area contributed by atoms with Crippen LogP contribution >= 0.6 is 0 Å². The van der Waals surface area contributed by atoms with Gasteiger partial charge in [-0.05, 0) is 71.4 Å². The maximum absolute atomic E-state index is 10.7. The summed E-state index contributed by atoms with van der Waals surface area (Å²) >= 11 is 0. The van der Waals surface area contributed by atoms with Gasteiger partial charge in [-0.2, -0.15) is 0 Å². The Morgan fingerprint density at radius 1 is 1.21 bits per heavy atom. The molecule has 0 aliphatic rings. The number of rotatable bonds is 8. The van der Waals surface area contributed by atoms with Gasteiger partial charge in [0.05, 0.1) is 6.10 Å². The summed E-state index contributed by atoms with van der Waals surface area (Å²) in [7, 11) is 0. The van der Waals surface area contributed by atoms with Crippen molar-refractivity contribution in [1.82, 2.24) is 0 Å². The third-order valence-electron chi connectivity index (χ3n) is 4.44. The summed E-state index contributed by atoms with van der Waals surface area (Å²) < 4.78 is 0. The second-order valence-corrected chi connectivity index (χ2v) is 7.09. The van der Waals surface area contributed by atoms with Gasteiger partial charge in [0.1, 0.15) is 5.75 Å². The van der Waals surface area contributed by atoms with Gasteiger partial charge in [0.2, 0.25) is 0 Å². The van der Waals surface area contributed by atoms with E-state index in [1.165, 1.54) is 11.1 Å². The summed E-state index contributed by atoms with van der Waals surface area (Å²) in [5.41, 5.74) is 6.50. The van der Waals surface area contributed by atoms with Crippen LogP contribution in [0.3, 0.4) is 0 Å². The van der Waals surface area contributed by atoms with Crippen molar-refractivity contribution in [2.75, 3.05) is 0 Å². The predicted octanol–water partition coefficient (Wildman–Crippen LogP) is 5.94. The summed E-state index contributed by atoms with van der Waals surface area (Å²) in [6.45, 7) is 12.3. The zero-order chi connectivity index (χ0) is 18.3. The van der Waals surface area contributed by atoms with Gasteiger partial charge in [0.15, 0.2) is 0 Å². The van der Waals surface area contributed by atoms with Crippen LogP contribution in [0.1, 0.15) is 82.2 Å². The van der Waals surface area contributed by atoms with Gasteiger partial charge in [-0.1, -0.05) is 42.7 Å². The predicted molar refractivity (Wildman–Crippen MR) is 104 cm³/mol. The molecule has 0 spiro atoms. The molecule has 1 rings (SSSR count). The first-order valence-electron chi connectivity index (χ1n) is 9.09. The second kappa shape index (κ2) is 9.68. The van der Waals surface area contributed by atoms with E-state index in [-0.39, 0.29) is 5.75 Å². The molecule has 0 radical (unpaired) electrons. The van der Waals surface area contributed by atoms with Crippen LogP contribution in [0.25, 0.3) is 0 Å². The van der Waals surface area contributed by atoms with Crippen LogP contribution in [-0.4, -0.2) is 10.2 Å². The van der Waals surface area contributed by atoms with E-state index in [0.717, 1.165) is 42.4 Å². The van der Waals surface area contributed by atoms with Crippen LogP contribution in [0.15, 0.2) is 29.4 Å². The zero-order valence-electron chi connectivity index (χ0n) is 16.2. The standard InChI is InChI=1S/C22H34O2/c1-7-9-19-14-17(5)20(22(24)21(19)18(6)23)13-12-16(4)11-8-10-15(2)3/h10,12,14,18,23-24H,7-9,11,13H2,1-6H3/b16-12+. The SMILES string of the molecule is CCCc1cc(C)c(C/C=C(\C)CCC=C(C)C)c(O)c1C(C)O. The highest BCUT2D eigenvalue weighted by Gasteiger charge is 2.18. The third-order valence-corrected chi connectivity index (χ3v) is 4.44. The first-order valence-corrected chi connectivity index (χ1v) is 9.09. The van der Waals surface area contributed by atoms with Crippen LogP contribution in [0.4, 0.5) is 0 Å². The highest BCUT2D eigenvalue weighted by molar-refractivity contribution is 5.51. The molecule has 0 saturated heterocycles. The molecule has 1 aromatic rings. The average molecular weight is 331 g/mol. The number of phenolic OH excluding ortho intramolecular Hbond substituents is 1. The van der Waals surface area contributed by atoms with Gasteiger partial charge in [-0.3, -0.25) is 0 Å². The average Bonchev–Trinajstić information content (AvgIpc) is 2.46. The van der Waals surface area contributed by atoms with Crippen LogP contribution in [0.2, 0.25) is 0 Å². The molecule has 1 unspecified atom stereocenters. The molecule has 0 amide bonds. The van der Waals surface area contributed by atoms with Gasteiger partial charge < -0.3 is 10.2 Å². The molecule has 0 fully saturated rings. The summed E-state index contributed by atoms with van der Waals surface area (Å²) in [4.78, 5) is 0. The topological polar surface area (TPSA) is 40.5 Å². The number of allylic oxidation sites excluding steroid dienone is 4. The minimum absolute atomic E-state index is 0.279. The molecule has 0 aromatic heterocycles. The van der Waals surface area contributed by atoms with Crippen molar-refractivity contribution in [2.24, 2.45) is 0 Å². The maximum Gasteiger partial charge on any atom is 0.125 e. The van der Waals surface area contributed by atoms with E-state index in [2.05, 4.69) is 45.9 Å². The summed E-state index contributed by atoms with van der Waals surface area (Å²) in [5, 5.41) is 20.8. The number of phenols is 1. The highest BCUT2D eigenvalue weighted by atomic mass is 16.3. The second-order valence-electron chi connectivity index (χ2n) is 7.09. The van der Waals surface area contributed by atoms with Gasteiger partial charge in [0.25, 0.3) is 0 Å². The molecule has 134 valence electrons. The molecule has 2 heteroatoms. The largest absolute Gasteiger partial charge is 0.507 e. The molecule has 0 aliphatic carbocycles. The Morgan fingerprint density at radius 2 is 1.88 bits per heavy atom. The van der Waals surface area contributed by atoms with Crippen LogP contribution in [0, 0.1) is 6.92 Å². The number of aliphatic hydroxyl groups is 1. The number of aryl methyl sites for hydroxylation is 2. The minimum atomic E-state index is -0.645. The highest BCUT2D eigenvalue weighted by Crippen LogP contribution is 2.35. The van der Waals surface area contributed by atoms with Crippen molar-refractivity contribution in [3.63, 3.8) is 0 Å². The lowest BCUT2D eigenvalue weighted by atomic mass is 9.90. The molecule has 0 heterocycles. The Labute approximate surface area is 147 Å². The van der Waals surface area contributed by atoms with E-state index in [1.54, 1.807) is 6.92 Å². The number of aliphatic hydroxyl groups excluding tert-OH is 1. The lowest BCUT2D eigenvalue weighted by Gasteiger charge is -2.19. The first-order chi connectivity index (χ1) is 11.3. The van der Waals surface area contributed by atoms with Crippen molar-refractivity contribution >= 4 is 0 Å². The number of aromatic hydroxyl groups is 1. The van der Waals surface area contributed by atoms with Crippen molar-refractivity contribution in [3.05, 3.63) is 51.6 Å². The lowest BCUT2D eigenvalue weighted by Crippen LogP contribution is -2.04. The zero-order valence-corrected chi connectivity index (χ0v) is 16.2. The van der Waals surface area contributed by atoms with Crippen LogP contribution in [0.5, 0.6) is 5.75 Å². The van der Waals surface area contributed by atoms with E-state index < -0.39 is 6.10 Å². The summed E-state index contributed by atoms with van der Waals surface area (Å²) in [6, 6.07) is 2.13. The lowest BCUT2D eigenvalue weighted by molar-refractivity contribution is 0.193. The van der Waals surface area contributed by atoms with E-state index in [4.69, 9.17) is 0 Å². The van der Waals surface area contributed by atoms with E-state index in [1.807, 2.05) is 6.92 Å². The normalized spacial score (nSPS) is 13.0. The molecule has 1 atom stereocenters. The summed E-state index contributed by atoms with van der Waals surface area (Å²) in [6.07, 6.45) is 8.51. The molecular formula is C22H34O2. The molecular weight excluding hydrogens is 296 g/mol. The number of hydrogen-bond acceptors (Lipinski definition) is 2. The monoisotopic (exact) mass is 330 g/mol. The molecule has 0 saturated carbocycles. The molecule has 0 bridgehead atoms. The fraction of sp³-hybridized carbons (Fsp3) is 0.545. The minimum Gasteiger partial charge on any atom is -0.507 e. The molecule has 0 aliphatic heterocycles. The van der Waals surface area contributed by atoms with Crippen molar-refractivity contribution < 1.29 is 10.2 Å². The van der Waals surface area contributed by atoms with Crippen LogP contribution < -0.4 is 0 Å².